The van der Waals surface area contributed by atoms with Crippen LogP contribution in [0, 0.1) is 22.0 Å². The van der Waals surface area contributed by atoms with Crippen LogP contribution in [0.1, 0.15) is 38.2 Å². The maximum absolute atomic E-state index is 10.8. The average Bonchev–Trinajstić information content (AvgIpc) is 2.38. The van der Waals surface area contributed by atoms with Gasteiger partial charge in [0.15, 0.2) is 0 Å². The molecule has 0 spiro atoms. The van der Waals surface area contributed by atoms with E-state index < -0.39 is 0 Å². The Morgan fingerprint density at radius 2 is 2.20 bits per heavy atom. The van der Waals surface area contributed by atoms with Crippen molar-refractivity contribution in [3.8, 4) is 0 Å². The van der Waals surface area contributed by atoms with Crippen LogP contribution in [0.15, 0.2) is 22.7 Å². The lowest BCUT2D eigenvalue weighted by Crippen LogP contribution is -2.26. The number of benzene rings is 1. The Morgan fingerprint density at radius 1 is 1.40 bits per heavy atom. The predicted octanol–water partition coefficient (Wildman–Crippen LogP) is 4.27. The zero-order valence-electron chi connectivity index (χ0n) is 11.8. The van der Waals surface area contributed by atoms with Gasteiger partial charge < -0.3 is 5.32 Å². The topological polar surface area (TPSA) is 55.2 Å². The maximum Gasteiger partial charge on any atom is 0.270 e. The van der Waals surface area contributed by atoms with Gasteiger partial charge in [0.1, 0.15) is 0 Å². The van der Waals surface area contributed by atoms with Crippen molar-refractivity contribution in [2.45, 2.75) is 39.2 Å². The van der Waals surface area contributed by atoms with Crippen LogP contribution in [0.2, 0.25) is 0 Å². The van der Waals surface area contributed by atoms with E-state index >= 15 is 0 Å². The summed E-state index contributed by atoms with van der Waals surface area (Å²) in [6.07, 6.45) is 5.28. The van der Waals surface area contributed by atoms with E-state index in [1.807, 2.05) is 6.07 Å². The summed E-state index contributed by atoms with van der Waals surface area (Å²) in [4.78, 5) is 10.5. The molecular weight excluding hydrogens is 320 g/mol. The number of non-ortho nitro benzene ring substituents is 1. The summed E-state index contributed by atoms with van der Waals surface area (Å²) in [5, 5.41) is 14.3. The highest BCUT2D eigenvalue weighted by molar-refractivity contribution is 9.10. The van der Waals surface area contributed by atoms with Gasteiger partial charge in [0.2, 0.25) is 0 Å². The van der Waals surface area contributed by atoms with Crippen molar-refractivity contribution in [1.29, 1.82) is 0 Å². The number of rotatable bonds is 5. The summed E-state index contributed by atoms with van der Waals surface area (Å²) in [6.45, 7) is 4.01. The summed E-state index contributed by atoms with van der Waals surface area (Å²) < 4.78 is 0.759. The van der Waals surface area contributed by atoms with Crippen LogP contribution in [0.4, 0.5) is 5.69 Å². The minimum Gasteiger partial charge on any atom is -0.312 e. The first-order chi connectivity index (χ1) is 9.54. The maximum atomic E-state index is 10.8. The fourth-order valence-electron chi connectivity index (χ4n) is 3.01. The molecule has 2 unspecified atom stereocenters. The van der Waals surface area contributed by atoms with Crippen molar-refractivity contribution in [2.75, 3.05) is 6.54 Å². The van der Waals surface area contributed by atoms with Crippen LogP contribution in [0.5, 0.6) is 0 Å². The summed E-state index contributed by atoms with van der Waals surface area (Å²) >= 11 is 3.33. The first-order valence-corrected chi connectivity index (χ1v) is 7.98. The predicted molar refractivity (Wildman–Crippen MR) is 83.6 cm³/mol. The van der Waals surface area contributed by atoms with Gasteiger partial charge in [-0.3, -0.25) is 10.1 Å². The van der Waals surface area contributed by atoms with Crippen LogP contribution < -0.4 is 5.32 Å². The quantitative estimate of drug-likeness (QED) is 0.643. The molecule has 1 aliphatic rings. The Morgan fingerprint density at radius 3 is 2.90 bits per heavy atom. The first-order valence-electron chi connectivity index (χ1n) is 7.19. The SMILES string of the molecule is CC1CCCC(CNCc2cc(Br)cc([N+](=O)[O-])c2)C1. The number of hydrogen-bond donors (Lipinski definition) is 1. The Balaban J connectivity index is 1.86. The molecule has 0 aromatic heterocycles. The van der Waals surface area contributed by atoms with Gasteiger partial charge in [0.05, 0.1) is 4.92 Å². The molecule has 0 heterocycles. The molecule has 110 valence electrons. The zero-order chi connectivity index (χ0) is 14.5. The highest BCUT2D eigenvalue weighted by Gasteiger charge is 2.18. The minimum absolute atomic E-state index is 0.141. The number of hydrogen-bond acceptors (Lipinski definition) is 3. The summed E-state index contributed by atoms with van der Waals surface area (Å²) in [6, 6.07) is 5.11. The number of nitrogens with one attached hydrogen (secondary N) is 1. The highest BCUT2D eigenvalue weighted by atomic mass is 79.9. The number of nitrogens with zero attached hydrogens (tertiary/aromatic N) is 1. The molecule has 4 nitrogen and oxygen atoms in total. The van der Waals surface area contributed by atoms with Crippen LogP contribution >= 0.6 is 15.9 Å². The van der Waals surface area contributed by atoms with Gasteiger partial charge in [-0.15, -0.1) is 0 Å². The van der Waals surface area contributed by atoms with Crippen LogP contribution in [0.3, 0.4) is 0 Å². The van der Waals surface area contributed by atoms with Crippen LogP contribution in [-0.2, 0) is 6.54 Å². The van der Waals surface area contributed by atoms with Crippen LogP contribution in [0.25, 0.3) is 0 Å². The van der Waals surface area contributed by atoms with E-state index in [2.05, 4.69) is 28.2 Å². The summed E-state index contributed by atoms with van der Waals surface area (Å²) in [7, 11) is 0. The first kappa shape index (κ1) is 15.4. The minimum atomic E-state index is -0.350. The molecular formula is C15H21BrN2O2. The molecule has 2 atom stereocenters. The van der Waals surface area contributed by atoms with E-state index in [4.69, 9.17) is 0 Å². The number of halogens is 1. The summed E-state index contributed by atoms with van der Waals surface area (Å²) in [5.41, 5.74) is 1.09. The monoisotopic (exact) mass is 340 g/mol. The van der Waals surface area contributed by atoms with Crippen molar-refractivity contribution in [1.82, 2.24) is 5.32 Å². The van der Waals surface area contributed by atoms with Crippen molar-refractivity contribution in [3.63, 3.8) is 0 Å². The second kappa shape index (κ2) is 7.18. The molecule has 1 aromatic rings. The van der Waals surface area contributed by atoms with Crippen molar-refractivity contribution >= 4 is 21.6 Å². The molecule has 1 fully saturated rings. The van der Waals surface area contributed by atoms with Gasteiger partial charge in [-0.2, -0.15) is 0 Å². The molecule has 2 rings (SSSR count). The van der Waals surface area contributed by atoms with E-state index in [0.29, 0.717) is 6.54 Å². The lowest BCUT2D eigenvalue weighted by Gasteiger charge is -2.26. The third-order valence-electron chi connectivity index (χ3n) is 3.96. The molecule has 0 saturated heterocycles. The lowest BCUT2D eigenvalue weighted by atomic mass is 9.82. The Kier molecular flexibility index (Phi) is 5.54. The van der Waals surface area contributed by atoms with E-state index in [0.717, 1.165) is 28.4 Å². The highest BCUT2D eigenvalue weighted by Crippen LogP contribution is 2.28. The second-order valence-electron chi connectivity index (χ2n) is 5.84. The molecule has 1 N–H and O–H groups in total. The molecule has 0 amide bonds. The van der Waals surface area contributed by atoms with Gasteiger partial charge in [0.25, 0.3) is 5.69 Å². The van der Waals surface area contributed by atoms with Gasteiger partial charge in [-0.1, -0.05) is 35.7 Å². The lowest BCUT2D eigenvalue weighted by molar-refractivity contribution is -0.385. The Hall–Kier alpha value is -0.940. The van der Waals surface area contributed by atoms with Gasteiger partial charge >= 0.3 is 0 Å². The number of nitro groups is 1. The molecule has 0 aliphatic heterocycles. The summed E-state index contributed by atoms with van der Waals surface area (Å²) in [5.74, 6) is 1.59. The van der Waals surface area contributed by atoms with Crippen molar-refractivity contribution < 1.29 is 4.92 Å². The molecule has 1 aromatic carbocycles. The third kappa shape index (κ3) is 4.56. The molecule has 1 aliphatic carbocycles. The van der Waals surface area contributed by atoms with Crippen molar-refractivity contribution in [2.24, 2.45) is 11.8 Å². The van der Waals surface area contributed by atoms with Crippen molar-refractivity contribution in [3.05, 3.63) is 38.3 Å². The largest absolute Gasteiger partial charge is 0.312 e. The molecule has 0 radical (unpaired) electrons. The van der Waals surface area contributed by atoms with E-state index in [1.165, 1.54) is 31.7 Å². The molecule has 20 heavy (non-hydrogen) atoms. The molecule has 1 saturated carbocycles. The molecule has 0 bridgehead atoms. The fraction of sp³-hybridized carbons (Fsp3) is 0.600. The van der Waals surface area contributed by atoms with Gasteiger partial charge in [-0.25, -0.2) is 0 Å². The second-order valence-corrected chi connectivity index (χ2v) is 6.76. The Bertz CT molecular complexity index is 479. The third-order valence-corrected chi connectivity index (χ3v) is 4.42. The molecule has 5 heteroatoms. The fourth-order valence-corrected chi connectivity index (χ4v) is 3.54. The smallest absolute Gasteiger partial charge is 0.270 e. The van der Waals surface area contributed by atoms with E-state index in [9.17, 15) is 10.1 Å². The van der Waals surface area contributed by atoms with Gasteiger partial charge in [0, 0.05) is 23.2 Å². The average molecular weight is 341 g/mol. The Labute approximate surface area is 128 Å². The van der Waals surface area contributed by atoms with E-state index in [1.54, 1.807) is 6.07 Å². The standard InChI is InChI=1S/C15H21BrN2O2/c1-11-3-2-4-12(5-11)9-17-10-13-6-14(16)8-15(7-13)18(19)20/h6-8,11-12,17H,2-5,9-10H2,1H3. The normalized spacial score (nSPS) is 22.7. The van der Waals surface area contributed by atoms with E-state index in [-0.39, 0.29) is 10.6 Å². The number of nitro benzene ring substituents is 1. The zero-order valence-corrected chi connectivity index (χ0v) is 13.4. The van der Waals surface area contributed by atoms with Gasteiger partial charge in [-0.05, 0) is 42.9 Å². The van der Waals surface area contributed by atoms with Crippen LogP contribution in [-0.4, -0.2) is 11.5 Å².